The van der Waals surface area contributed by atoms with Gasteiger partial charge in [-0.2, -0.15) is 5.10 Å². The molecule has 1 aliphatic rings. The summed E-state index contributed by atoms with van der Waals surface area (Å²) in [5.74, 6) is -1.48. The first-order valence-electron chi connectivity index (χ1n) is 7.17. The van der Waals surface area contributed by atoms with E-state index in [-0.39, 0.29) is 6.04 Å². The van der Waals surface area contributed by atoms with Crippen LogP contribution in [0.5, 0.6) is 0 Å². The van der Waals surface area contributed by atoms with Gasteiger partial charge in [0.1, 0.15) is 11.6 Å². The summed E-state index contributed by atoms with van der Waals surface area (Å²) in [7, 11) is 0. The van der Waals surface area contributed by atoms with Crippen molar-refractivity contribution in [3.63, 3.8) is 0 Å². The zero-order valence-corrected chi connectivity index (χ0v) is 12.6. The number of benzene rings is 1. The van der Waals surface area contributed by atoms with E-state index in [1.165, 1.54) is 30.5 Å². The average molecular weight is 318 g/mol. The first kappa shape index (κ1) is 15.1. The molecule has 0 bridgehead atoms. The molecule has 3 rings (SSSR count). The Bertz CT molecular complexity index is 770. The lowest BCUT2D eigenvalue weighted by Crippen LogP contribution is -2.44. The fraction of sp³-hybridized carbons (Fsp3) is 0.333. The lowest BCUT2D eigenvalue weighted by atomic mass is 9.83. The number of rotatable bonds is 3. The van der Waals surface area contributed by atoms with E-state index in [9.17, 15) is 19.3 Å². The van der Waals surface area contributed by atoms with Crippen LogP contribution in [-0.2, 0) is 4.79 Å². The van der Waals surface area contributed by atoms with Crippen molar-refractivity contribution in [3.05, 3.63) is 57.5 Å². The van der Waals surface area contributed by atoms with E-state index in [1.807, 2.05) is 13.8 Å². The minimum atomic E-state index is -1.47. The van der Waals surface area contributed by atoms with Gasteiger partial charge in [-0.15, -0.1) is 0 Å². The van der Waals surface area contributed by atoms with Crippen LogP contribution in [0, 0.1) is 15.9 Å². The summed E-state index contributed by atoms with van der Waals surface area (Å²) < 4.78 is 14.8. The van der Waals surface area contributed by atoms with Crippen molar-refractivity contribution >= 4 is 11.7 Å². The summed E-state index contributed by atoms with van der Waals surface area (Å²) in [6, 6.07) is 3.89. The van der Waals surface area contributed by atoms with Gasteiger partial charge in [-0.05, 0) is 31.5 Å². The van der Waals surface area contributed by atoms with Gasteiger partial charge < -0.3 is 5.32 Å². The summed E-state index contributed by atoms with van der Waals surface area (Å²) >= 11 is 0. The van der Waals surface area contributed by atoms with E-state index in [4.69, 9.17) is 0 Å². The first-order chi connectivity index (χ1) is 10.9. The zero-order valence-electron chi connectivity index (χ0n) is 12.6. The molecule has 0 spiro atoms. The van der Waals surface area contributed by atoms with Crippen LogP contribution >= 0.6 is 0 Å². The molecule has 0 saturated carbocycles. The number of halogens is 1. The number of carbonyl (C=O) groups excluding carboxylic acids is 1. The molecule has 1 N–H and O–H groups in total. The Balaban J connectivity index is 2.18. The van der Waals surface area contributed by atoms with Crippen LogP contribution in [0.4, 0.5) is 10.2 Å². The van der Waals surface area contributed by atoms with Gasteiger partial charge >= 0.3 is 11.9 Å². The first-order valence-corrected chi connectivity index (χ1v) is 7.17. The van der Waals surface area contributed by atoms with Gasteiger partial charge in [0.15, 0.2) is 0 Å². The molecule has 0 radical (unpaired) electrons. The molecule has 7 nitrogen and oxygen atoms in total. The van der Waals surface area contributed by atoms with Gasteiger partial charge in [-0.3, -0.25) is 14.9 Å². The second kappa shape index (κ2) is 5.45. The normalized spacial score (nSPS) is 20.3. The monoisotopic (exact) mass is 318 g/mol. The summed E-state index contributed by atoms with van der Waals surface area (Å²) in [5, 5.41) is 18.2. The molecule has 1 aromatic carbocycles. The number of hydrogen-bond acceptors (Lipinski definition) is 4. The molecule has 0 fully saturated rings. The Morgan fingerprint density at radius 2 is 2.00 bits per heavy atom. The van der Waals surface area contributed by atoms with Gasteiger partial charge in [0.05, 0.1) is 12.1 Å². The highest BCUT2D eigenvalue weighted by atomic mass is 19.1. The lowest BCUT2D eigenvalue weighted by molar-refractivity contribution is -0.509. The summed E-state index contributed by atoms with van der Waals surface area (Å²) in [6.07, 6.45) is 1.53. The number of amides is 1. The minimum Gasteiger partial charge on any atom is -0.305 e. The topological polar surface area (TPSA) is 90.1 Å². The summed E-state index contributed by atoms with van der Waals surface area (Å²) in [4.78, 5) is 23.1. The van der Waals surface area contributed by atoms with Crippen LogP contribution in [0.25, 0.3) is 0 Å². The molecule has 1 amide bonds. The highest BCUT2D eigenvalue weighted by Gasteiger charge is 2.47. The maximum Gasteiger partial charge on any atom is 0.301 e. The molecule has 120 valence electrons. The van der Waals surface area contributed by atoms with E-state index in [2.05, 4.69) is 10.4 Å². The smallest absolute Gasteiger partial charge is 0.301 e. The molecule has 8 heteroatoms. The molecular weight excluding hydrogens is 303 g/mol. The number of fused-ring (bicyclic) bond motifs is 1. The van der Waals surface area contributed by atoms with Crippen LogP contribution in [0.2, 0.25) is 0 Å². The second-order valence-corrected chi connectivity index (χ2v) is 5.74. The van der Waals surface area contributed by atoms with Crippen molar-refractivity contribution in [3.8, 4) is 0 Å². The van der Waals surface area contributed by atoms with Gasteiger partial charge in [0, 0.05) is 16.5 Å². The SMILES string of the molecule is CC(C)n1ncc2c1NC(=O)[C@@H]([N+](=O)[O-])[C@@H]2c1ccc(F)cc1. The number of carbonyl (C=O) groups is 1. The Labute approximate surface area is 131 Å². The molecule has 1 aromatic heterocycles. The van der Waals surface area contributed by atoms with E-state index in [1.54, 1.807) is 4.68 Å². The molecule has 2 atom stereocenters. The fourth-order valence-electron chi connectivity index (χ4n) is 2.89. The van der Waals surface area contributed by atoms with Crippen LogP contribution in [0.3, 0.4) is 0 Å². The zero-order chi connectivity index (χ0) is 16.7. The predicted octanol–water partition coefficient (Wildman–Crippen LogP) is 2.33. The second-order valence-electron chi connectivity index (χ2n) is 5.74. The quantitative estimate of drug-likeness (QED) is 0.694. The van der Waals surface area contributed by atoms with Gasteiger partial charge in [-0.25, -0.2) is 9.07 Å². The van der Waals surface area contributed by atoms with E-state index in [0.717, 1.165) is 0 Å². The molecule has 0 aliphatic carbocycles. The van der Waals surface area contributed by atoms with Crippen LogP contribution < -0.4 is 5.32 Å². The number of nitro groups is 1. The van der Waals surface area contributed by atoms with Crippen LogP contribution in [0.1, 0.15) is 36.9 Å². The van der Waals surface area contributed by atoms with Crippen molar-refractivity contribution in [1.29, 1.82) is 0 Å². The number of hydrogen-bond donors (Lipinski definition) is 1. The highest BCUT2D eigenvalue weighted by molar-refractivity contribution is 5.97. The third kappa shape index (κ3) is 2.45. The summed E-state index contributed by atoms with van der Waals surface area (Å²) in [6.45, 7) is 3.79. The molecule has 0 unspecified atom stereocenters. The van der Waals surface area contributed by atoms with Crippen LogP contribution in [-0.4, -0.2) is 26.7 Å². The van der Waals surface area contributed by atoms with Crippen LogP contribution in [0.15, 0.2) is 30.5 Å². The van der Waals surface area contributed by atoms with E-state index < -0.39 is 28.6 Å². The Morgan fingerprint density at radius 3 is 2.57 bits per heavy atom. The molecule has 0 saturated heterocycles. The van der Waals surface area contributed by atoms with Crippen molar-refractivity contribution in [2.24, 2.45) is 0 Å². The molecular formula is C15H15FN4O3. The van der Waals surface area contributed by atoms with Gasteiger partial charge in [0.25, 0.3) is 0 Å². The highest BCUT2D eigenvalue weighted by Crippen LogP contribution is 2.39. The molecule has 2 aromatic rings. The molecule has 23 heavy (non-hydrogen) atoms. The predicted molar refractivity (Wildman–Crippen MR) is 80.3 cm³/mol. The van der Waals surface area contributed by atoms with E-state index >= 15 is 0 Å². The number of anilines is 1. The standard InChI is InChI=1S/C15H15FN4O3/c1-8(2)19-14-11(7-17-19)12(9-3-5-10(16)6-4-9)13(20(22)23)15(21)18-14/h3-8,12-13H,1-2H3,(H,18,21)/t12-,13+/m1/s1. The Kier molecular flexibility index (Phi) is 3.59. The van der Waals surface area contributed by atoms with Crippen molar-refractivity contribution in [2.45, 2.75) is 31.8 Å². The maximum atomic E-state index is 13.2. The third-order valence-electron chi connectivity index (χ3n) is 3.93. The number of nitrogens with zero attached hydrogens (tertiary/aromatic N) is 3. The largest absolute Gasteiger partial charge is 0.305 e. The maximum absolute atomic E-state index is 13.2. The third-order valence-corrected chi connectivity index (χ3v) is 3.93. The minimum absolute atomic E-state index is 0.0138. The Hall–Kier alpha value is -2.77. The van der Waals surface area contributed by atoms with Gasteiger partial charge in [-0.1, -0.05) is 12.1 Å². The number of aromatic nitrogens is 2. The molecule has 1 aliphatic heterocycles. The Morgan fingerprint density at radius 1 is 1.35 bits per heavy atom. The number of nitrogens with one attached hydrogen (secondary N) is 1. The lowest BCUT2D eigenvalue weighted by Gasteiger charge is -2.27. The average Bonchev–Trinajstić information content (AvgIpc) is 2.90. The van der Waals surface area contributed by atoms with E-state index in [0.29, 0.717) is 16.9 Å². The van der Waals surface area contributed by atoms with Crippen molar-refractivity contribution in [2.75, 3.05) is 5.32 Å². The van der Waals surface area contributed by atoms with Crippen molar-refractivity contribution < 1.29 is 14.1 Å². The molecule has 2 heterocycles. The van der Waals surface area contributed by atoms with Gasteiger partial charge in [0.2, 0.25) is 0 Å². The summed E-state index contributed by atoms with van der Waals surface area (Å²) in [5.41, 5.74) is 1.07. The van der Waals surface area contributed by atoms with Crippen molar-refractivity contribution in [1.82, 2.24) is 9.78 Å². The fourth-order valence-corrected chi connectivity index (χ4v) is 2.89.